The molecule has 58 valence electrons. The minimum Gasteiger partial charge on any atom is -0.304 e. The first-order valence-corrected chi connectivity index (χ1v) is 3.68. The molecular weight excluding hydrogens is 126 g/mol. The summed E-state index contributed by atoms with van der Waals surface area (Å²) in [6.45, 7) is 8.54. The monoisotopic (exact) mass is 141 g/mol. The van der Waals surface area contributed by atoms with Crippen LogP contribution in [0.3, 0.4) is 0 Å². The van der Waals surface area contributed by atoms with Crippen LogP contribution in [-0.2, 0) is 4.79 Å². The highest BCUT2D eigenvalue weighted by Gasteiger charge is 2.14. The maximum absolute atomic E-state index is 10.0. The largest absolute Gasteiger partial charge is 0.304 e. The van der Waals surface area contributed by atoms with E-state index in [-0.39, 0.29) is 6.04 Å². The zero-order valence-corrected chi connectivity index (χ0v) is 6.68. The molecule has 0 aromatic carbocycles. The van der Waals surface area contributed by atoms with Gasteiger partial charge in [-0.25, -0.2) is 0 Å². The molecule has 2 nitrogen and oxygen atoms in total. The molecule has 1 heterocycles. The van der Waals surface area contributed by atoms with Gasteiger partial charge < -0.3 is 10.1 Å². The van der Waals surface area contributed by atoms with Crippen LogP contribution in [0.5, 0.6) is 0 Å². The van der Waals surface area contributed by atoms with Crippen molar-refractivity contribution in [1.29, 1.82) is 0 Å². The van der Waals surface area contributed by atoms with Crippen LogP contribution in [0.25, 0.3) is 0 Å². The van der Waals surface area contributed by atoms with Crippen LogP contribution >= 0.6 is 0 Å². The zero-order chi connectivity index (χ0) is 7.98. The summed E-state index contributed by atoms with van der Waals surface area (Å²) in [5.41, 5.74) is 1.13. The Morgan fingerprint density at radius 2 is 2.30 bits per heavy atom. The first-order chi connectivity index (χ1) is 4.83. The summed E-state index contributed by atoms with van der Waals surface area (Å²) < 4.78 is 0. The Morgan fingerprint density at radius 3 is 2.50 bits per heavy atom. The lowest BCUT2D eigenvalue weighted by Crippen LogP contribution is -2.21. The lowest BCUT2D eigenvalue weighted by molar-refractivity contribution is -0.109. The van der Waals surface area contributed by atoms with E-state index in [4.69, 9.17) is 0 Å². The Labute approximate surface area is 62.3 Å². The van der Waals surface area contributed by atoms with E-state index < -0.39 is 0 Å². The zero-order valence-electron chi connectivity index (χ0n) is 6.68. The van der Waals surface area contributed by atoms with Crippen molar-refractivity contribution >= 4 is 6.29 Å². The molecule has 0 saturated carbocycles. The quantitative estimate of drug-likeness (QED) is 0.438. The Hall–Kier alpha value is -0.630. The fraction of sp³-hybridized carbons (Fsp3) is 0.625. The summed E-state index contributed by atoms with van der Waals surface area (Å²) in [5.74, 6) is 0. The van der Waals surface area contributed by atoms with E-state index >= 15 is 0 Å². The van der Waals surface area contributed by atoms with E-state index in [2.05, 4.69) is 11.9 Å². The van der Waals surface area contributed by atoms with Gasteiger partial charge in [-0.05, 0) is 6.42 Å². The minimum absolute atomic E-state index is 0.0440. The van der Waals surface area contributed by atoms with Gasteiger partial charge in [-0.3, -0.25) is 0 Å². The van der Waals surface area contributed by atoms with Crippen molar-refractivity contribution in [2.75, 3.05) is 6.54 Å². The minimum atomic E-state index is 0.0440. The molecule has 1 aliphatic heterocycles. The van der Waals surface area contributed by atoms with Gasteiger partial charge in [-0.1, -0.05) is 26.0 Å². The number of aldehydes is 1. The molecule has 10 heavy (non-hydrogen) atoms. The second-order valence-electron chi connectivity index (χ2n) is 2.08. The molecule has 0 aromatic heterocycles. The second-order valence-corrected chi connectivity index (χ2v) is 2.08. The third kappa shape index (κ3) is 2.78. The van der Waals surface area contributed by atoms with Gasteiger partial charge in [-0.2, -0.15) is 0 Å². The number of carbonyl (C=O) groups is 1. The molecule has 0 unspecified atom stereocenters. The Morgan fingerprint density at radius 1 is 1.70 bits per heavy atom. The average molecular weight is 141 g/mol. The Kier molecular flexibility index (Phi) is 4.85. The maximum Gasteiger partial charge on any atom is 0.137 e. The molecule has 1 fully saturated rings. The van der Waals surface area contributed by atoms with Gasteiger partial charge in [0.1, 0.15) is 6.29 Å². The van der Waals surface area contributed by atoms with Crippen LogP contribution < -0.4 is 5.32 Å². The van der Waals surface area contributed by atoms with Gasteiger partial charge >= 0.3 is 0 Å². The maximum atomic E-state index is 10.0. The summed E-state index contributed by atoms with van der Waals surface area (Å²) in [5, 5.41) is 2.99. The molecule has 1 rings (SSSR count). The lowest BCUT2D eigenvalue weighted by atomic mass is 10.2. The topological polar surface area (TPSA) is 29.1 Å². The van der Waals surface area contributed by atoms with E-state index in [1.54, 1.807) is 0 Å². The smallest absolute Gasteiger partial charge is 0.137 e. The molecule has 0 aromatic rings. The van der Waals surface area contributed by atoms with Gasteiger partial charge in [0, 0.05) is 6.54 Å². The predicted octanol–water partition coefficient (Wildman–Crippen LogP) is 1.13. The van der Waals surface area contributed by atoms with Crippen LogP contribution in [0.15, 0.2) is 12.2 Å². The van der Waals surface area contributed by atoms with Crippen molar-refractivity contribution in [1.82, 2.24) is 5.32 Å². The summed E-state index contributed by atoms with van der Waals surface area (Å²) in [4.78, 5) is 10.0. The van der Waals surface area contributed by atoms with Crippen molar-refractivity contribution in [3.05, 3.63) is 12.2 Å². The summed E-state index contributed by atoms with van der Waals surface area (Å²) in [6, 6.07) is 0.0440. The molecular formula is C8H15NO. The van der Waals surface area contributed by atoms with Crippen molar-refractivity contribution in [3.8, 4) is 0 Å². The van der Waals surface area contributed by atoms with Crippen LogP contribution in [0.1, 0.15) is 20.3 Å². The first-order valence-electron chi connectivity index (χ1n) is 3.68. The van der Waals surface area contributed by atoms with Gasteiger partial charge in [0.25, 0.3) is 0 Å². The molecule has 2 heteroatoms. The molecule has 0 bridgehead atoms. The van der Waals surface area contributed by atoms with Crippen LogP contribution in [-0.4, -0.2) is 18.9 Å². The van der Waals surface area contributed by atoms with E-state index in [9.17, 15) is 4.79 Å². The number of carbonyl (C=O) groups excluding carboxylic acids is 1. The van der Waals surface area contributed by atoms with E-state index in [0.29, 0.717) is 0 Å². The Bertz CT molecular complexity index is 120. The van der Waals surface area contributed by atoms with Crippen LogP contribution in [0, 0.1) is 0 Å². The molecule has 1 N–H and O–H groups in total. The third-order valence-electron chi connectivity index (χ3n) is 1.29. The van der Waals surface area contributed by atoms with E-state index in [0.717, 1.165) is 24.8 Å². The molecule has 0 amide bonds. The van der Waals surface area contributed by atoms with Crippen LogP contribution in [0.4, 0.5) is 0 Å². The highest BCUT2D eigenvalue weighted by atomic mass is 16.1. The van der Waals surface area contributed by atoms with Gasteiger partial charge in [-0.15, -0.1) is 0 Å². The van der Waals surface area contributed by atoms with Crippen molar-refractivity contribution in [2.24, 2.45) is 0 Å². The van der Waals surface area contributed by atoms with Gasteiger partial charge in [0.15, 0.2) is 0 Å². The standard InChI is InChI=1S/C6H9NO.C2H6/c1-5-2-6(4-8)7-3-5;1-2/h4,6-7H,1-3H2;1-2H3/t6-;/m0./s1. The second kappa shape index (κ2) is 5.18. The van der Waals surface area contributed by atoms with Gasteiger partial charge in [0.05, 0.1) is 6.04 Å². The average Bonchev–Trinajstić information content (AvgIpc) is 2.40. The molecule has 1 saturated heterocycles. The molecule has 1 atom stereocenters. The van der Waals surface area contributed by atoms with Crippen molar-refractivity contribution in [2.45, 2.75) is 26.3 Å². The molecule has 0 radical (unpaired) electrons. The normalized spacial score (nSPS) is 23.4. The lowest BCUT2D eigenvalue weighted by Gasteiger charge is -1.93. The van der Waals surface area contributed by atoms with Crippen LogP contribution in [0.2, 0.25) is 0 Å². The fourth-order valence-corrected chi connectivity index (χ4v) is 0.827. The summed E-state index contributed by atoms with van der Waals surface area (Å²) in [6.07, 6.45) is 1.75. The highest BCUT2D eigenvalue weighted by molar-refractivity contribution is 5.59. The number of hydrogen-bond donors (Lipinski definition) is 1. The number of rotatable bonds is 1. The summed E-state index contributed by atoms with van der Waals surface area (Å²) >= 11 is 0. The first kappa shape index (κ1) is 9.37. The van der Waals surface area contributed by atoms with Gasteiger partial charge in [0.2, 0.25) is 0 Å². The highest BCUT2D eigenvalue weighted by Crippen LogP contribution is 2.07. The number of hydrogen-bond acceptors (Lipinski definition) is 2. The molecule has 0 aliphatic carbocycles. The van der Waals surface area contributed by atoms with E-state index in [1.807, 2.05) is 13.8 Å². The SMILES string of the molecule is C=C1CN[C@H](C=O)C1.CC. The molecule has 0 spiro atoms. The number of nitrogens with one attached hydrogen (secondary N) is 1. The predicted molar refractivity (Wildman–Crippen MR) is 43.0 cm³/mol. The van der Waals surface area contributed by atoms with Crippen molar-refractivity contribution in [3.63, 3.8) is 0 Å². The molecule has 1 aliphatic rings. The Balaban J connectivity index is 0.000000371. The van der Waals surface area contributed by atoms with E-state index in [1.165, 1.54) is 0 Å². The third-order valence-corrected chi connectivity index (χ3v) is 1.29. The fourth-order valence-electron chi connectivity index (χ4n) is 0.827. The van der Waals surface area contributed by atoms with Crippen molar-refractivity contribution < 1.29 is 4.79 Å². The summed E-state index contributed by atoms with van der Waals surface area (Å²) in [7, 11) is 0.